The number of aromatic nitrogens is 6. The molecule has 0 unspecified atom stereocenters. The van der Waals surface area contributed by atoms with Crippen LogP contribution in [0, 0.1) is 0 Å². The van der Waals surface area contributed by atoms with Gasteiger partial charge in [-0.05, 0) is 25.7 Å². The molecule has 2 fully saturated rings. The minimum Gasteiger partial charge on any atom is -0.378 e. The molecule has 1 spiro atoms. The lowest BCUT2D eigenvalue weighted by atomic mass is 9.76. The van der Waals surface area contributed by atoms with E-state index in [2.05, 4.69) is 34.7 Å². The number of aromatic amines is 2. The first-order chi connectivity index (χ1) is 14.7. The molecule has 1 aliphatic carbocycles. The quantitative estimate of drug-likeness (QED) is 0.638. The maximum absolute atomic E-state index is 12.8. The molecular weight excluding hydrogens is 384 g/mol. The standard InChI is InChI=1S/C20H24N8O2/c29-18-13-1-2-20(15(13)25-19(26-18)28-7-9-30-10-8-28)3-5-27(6-4-20)17-14-16(22-11-21-14)23-12-24-17/h11-12H,1-10H2,(H,25,26,29)(H,21,22,23,24). The number of morpholine rings is 1. The molecule has 0 atom stereocenters. The monoisotopic (exact) mass is 408 g/mol. The molecule has 0 amide bonds. The third kappa shape index (κ3) is 2.70. The molecule has 0 radical (unpaired) electrons. The van der Waals surface area contributed by atoms with Gasteiger partial charge in [0.2, 0.25) is 5.95 Å². The van der Waals surface area contributed by atoms with E-state index >= 15 is 0 Å². The third-order valence-corrected chi connectivity index (χ3v) is 6.89. The van der Waals surface area contributed by atoms with Gasteiger partial charge in [-0.3, -0.25) is 9.78 Å². The highest BCUT2D eigenvalue weighted by atomic mass is 16.5. The van der Waals surface area contributed by atoms with Crippen molar-refractivity contribution in [3.8, 4) is 0 Å². The Kier molecular flexibility index (Phi) is 4.02. The number of imidazole rings is 1. The van der Waals surface area contributed by atoms with E-state index in [0.717, 1.165) is 74.5 Å². The molecule has 3 aliphatic rings. The number of anilines is 2. The molecule has 3 aromatic rings. The molecule has 156 valence electrons. The molecule has 2 saturated heterocycles. The van der Waals surface area contributed by atoms with Crippen molar-refractivity contribution in [3.05, 3.63) is 34.3 Å². The van der Waals surface area contributed by atoms with E-state index in [4.69, 9.17) is 9.72 Å². The molecule has 30 heavy (non-hydrogen) atoms. The summed E-state index contributed by atoms with van der Waals surface area (Å²) in [6, 6.07) is 0. The SMILES string of the molecule is O=c1[nH]c(N2CCOCC2)nc2c1CCC21CCN(c2ncnc3nc[nH]c23)CC1. The van der Waals surface area contributed by atoms with Crippen LogP contribution in [0.5, 0.6) is 0 Å². The van der Waals surface area contributed by atoms with Crippen LogP contribution in [0.3, 0.4) is 0 Å². The summed E-state index contributed by atoms with van der Waals surface area (Å²) >= 11 is 0. The molecule has 3 aromatic heterocycles. The Hall–Kier alpha value is -3.01. The Morgan fingerprint density at radius 1 is 1.00 bits per heavy atom. The molecule has 0 bridgehead atoms. The smallest absolute Gasteiger partial charge is 0.255 e. The average Bonchev–Trinajstić information content (AvgIpc) is 3.41. The predicted molar refractivity (Wildman–Crippen MR) is 111 cm³/mol. The molecular formula is C20H24N8O2. The highest BCUT2D eigenvalue weighted by Gasteiger charge is 2.44. The van der Waals surface area contributed by atoms with Gasteiger partial charge in [0, 0.05) is 37.2 Å². The summed E-state index contributed by atoms with van der Waals surface area (Å²) in [5.41, 5.74) is 3.46. The minimum atomic E-state index is -0.0265. The van der Waals surface area contributed by atoms with E-state index in [1.165, 1.54) is 0 Å². The molecule has 6 rings (SSSR count). The summed E-state index contributed by atoms with van der Waals surface area (Å²) in [6.07, 6.45) is 6.94. The number of nitrogens with one attached hydrogen (secondary N) is 2. The first-order valence-electron chi connectivity index (χ1n) is 10.6. The Morgan fingerprint density at radius 2 is 1.83 bits per heavy atom. The zero-order chi connectivity index (χ0) is 20.1. The van der Waals surface area contributed by atoms with Gasteiger partial charge in [0.1, 0.15) is 11.8 Å². The Morgan fingerprint density at radius 3 is 2.67 bits per heavy atom. The van der Waals surface area contributed by atoms with Crippen molar-refractivity contribution in [3.63, 3.8) is 0 Å². The van der Waals surface area contributed by atoms with Crippen molar-refractivity contribution < 1.29 is 4.74 Å². The van der Waals surface area contributed by atoms with Crippen molar-refractivity contribution >= 4 is 22.9 Å². The third-order valence-electron chi connectivity index (χ3n) is 6.89. The molecule has 5 heterocycles. The number of ether oxygens (including phenoxy) is 1. The van der Waals surface area contributed by atoms with Gasteiger partial charge in [-0.25, -0.2) is 19.9 Å². The normalized spacial score (nSPS) is 20.8. The number of H-pyrrole nitrogens is 2. The topological polar surface area (TPSA) is 116 Å². The lowest BCUT2D eigenvalue weighted by Gasteiger charge is -2.40. The number of hydrogen-bond donors (Lipinski definition) is 2. The van der Waals surface area contributed by atoms with E-state index in [1.54, 1.807) is 12.7 Å². The van der Waals surface area contributed by atoms with E-state index in [0.29, 0.717) is 24.8 Å². The Balaban J connectivity index is 1.30. The zero-order valence-electron chi connectivity index (χ0n) is 16.7. The van der Waals surface area contributed by atoms with Crippen molar-refractivity contribution in [2.75, 3.05) is 49.2 Å². The maximum Gasteiger partial charge on any atom is 0.255 e. The second-order valence-corrected chi connectivity index (χ2v) is 8.38. The summed E-state index contributed by atoms with van der Waals surface area (Å²) in [5, 5.41) is 0. The van der Waals surface area contributed by atoms with Crippen LogP contribution in [0.2, 0.25) is 0 Å². The molecule has 2 N–H and O–H groups in total. The van der Waals surface area contributed by atoms with Gasteiger partial charge in [-0.15, -0.1) is 0 Å². The van der Waals surface area contributed by atoms with Crippen LogP contribution < -0.4 is 15.4 Å². The minimum absolute atomic E-state index is 0.0239. The summed E-state index contributed by atoms with van der Waals surface area (Å²) in [6.45, 7) is 4.59. The highest BCUT2D eigenvalue weighted by molar-refractivity contribution is 5.82. The van der Waals surface area contributed by atoms with E-state index in [-0.39, 0.29) is 11.0 Å². The lowest BCUT2D eigenvalue weighted by molar-refractivity contribution is 0.122. The van der Waals surface area contributed by atoms with E-state index in [9.17, 15) is 4.79 Å². The molecule has 10 nitrogen and oxygen atoms in total. The molecule has 0 saturated carbocycles. The maximum atomic E-state index is 12.8. The number of fused-ring (bicyclic) bond motifs is 3. The predicted octanol–water partition coefficient (Wildman–Crippen LogP) is 0.757. The van der Waals surface area contributed by atoms with Gasteiger partial charge in [-0.1, -0.05) is 0 Å². The number of hydrogen-bond acceptors (Lipinski definition) is 8. The van der Waals surface area contributed by atoms with E-state index in [1.807, 2.05) is 0 Å². The van der Waals surface area contributed by atoms with E-state index < -0.39 is 0 Å². The van der Waals surface area contributed by atoms with Gasteiger partial charge < -0.3 is 19.5 Å². The van der Waals surface area contributed by atoms with Crippen LogP contribution in [0.25, 0.3) is 11.2 Å². The summed E-state index contributed by atoms with van der Waals surface area (Å²) in [4.78, 5) is 41.4. The fourth-order valence-corrected chi connectivity index (χ4v) is 5.19. The van der Waals surface area contributed by atoms with Crippen molar-refractivity contribution in [1.29, 1.82) is 0 Å². The van der Waals surface area contributed by atoms with Gasteiger partial charge in [0.15, 0.2) is 11.5 Å². The fourth-order valence-electron chi connectivity index (χ4n) is 5.19. The van der Waals surface area contributed by atoms with Crippen LogP contribution in [-0.4, -0.2) is 69.3 Å². The Bertz CT molecular complexity index is 1140. The van der Waals surface area contributed by atoms with Gasteiger partial charge >= 0.3 is 0 Å². The van der Waals surface area contributed by atoms with Crippen molar-refractivity contribution in [1.82, 2.24) is 29.9 Å². The van der Waals surface area contributed by atoms with Crippen LogP contribution >= 0.6 is 0 Å². The van der Waals surface area contributed by atoms with Gasteiger partial charge in [0.25, 0.3) is 5.56 Å². The average molecular weight is 408 g/mol. The van der Waals surface area contributed by atoms with Crippen LogP contribution in [0.4, 0.5) is 11.8 Å². The first-order valence-corrected chi connectivity index (χ1v) is 10.6. The fraction of sp³-hybridized carbons (Fsp3) is 0.550. The zero-order valence-corrected chi connectivity index (χ0v) is 16.7. The Labute approximate surface area is 172 Å². The van der Waals surface area contributed by atoms with Crippen LogP contribution in [0.1, 0.15) is 30.5 Å². The second kappa shape index (κ2) is 6.76. The first kappa shape index (κ1) is 17.8. The lowest BCUT2D eigenvalue weighted by Crippen LogP contribution is -2.43. The highest BCUT2D eigenvalue weighted by Crippen LogP contribution is 2.45. The van der Waals surface area contributed by atoms with Crippen molar-refractivity contribution in [2.24, 2.45) is 0 Å². The summed E-state index contributed by atoms with van der Waals surface area (Å²) in [5.74, 6) is 1.60. The van der Waals surface area contributed by atoms with Crippen LogP contribution in [0.15, 0.2) is 17.4 Å². The van der Waals surface area contributed by atoms with Gasteiger partial charge in [-0.2, -0.15) is 0 Å². The van der Waals surface area contributed by atoms with Crippen LogP contribution in [-0.2, 0) is 16.6 Å². The number of piperidine rings is 1. The molecule has 2 aliphatic heterocycles. The number of nitrogens with zero attached hydrogens (tertiary/aromatic N) is 6. The molecule has 10 heteroatoms. The summed E-state index contributed by atoms with van der Waals surface area (Å²) in [7, 11) is 0. The summed E-state index contributed by atoms with van der Waals surface area (Å²) < 4.78 is 5.45. The largest absolute Gasteiger partial charge is 0.378 e. The molecule has 0 aromatic carbocycles. The second-order valence-electron chi connectivity index (χ2n) is 8.38. The van der Waals surface area contributed by atoms with Crippen molar-refractivity contribution in [2.45, 2.75) is 31.1 Å². The number of rotatable bonds is 2. The van der Waals surface area contributed by atoms with Gasteiger partial charge in [0.05, 0.1) is 25.2 Å².